The third kappa shape index (κ3) is 3.57. The maximum absolute atomic E-state index is 3.81. The first-order chi connectivity index (χ1) is 9.76. The fourth-order valence-electron chi connectivity index (χ4n) is 3.16. The number of likely N-dealkylation sites (tertiary alicyclic amines) is 1. The topological polar surface area (TPSA) is 15.3 Å². The monoisotopic (exact) mass is 290 g/mol. The number of nitrogens with zero attached hydrogens (tertiary/aromatic N) is 1. The molecule has 3 rings (SSSR count). The maximum atomic E-state index is 3.81. The van der Waals surface area contributed by atoms with Crippen molar-refractivity contribution in [1.82, 2.24) is 10.2 Å². The molecule has 1 aromatic rings. The zero-order valence-electron chi connectivity index (χ0n) is 12.5. The highest BCUT2D eigenvalue weighted by atomic mass is 32.2. The summed E-state index contributed by atoms with van der Waals surface area (Å²) in [5.74, 6) is 2.17. The van der Waals surface area contributed by atoms with Crippen molar-refractivity contribution in [2.45, 2.75) is 31.1 Å². The van der Waals surface area contributed by atoms with E-state index in [4.69, 9.17) is 0 Å². The highest BCUT2D eigenvalue weighted by Gasteiger charge is 2.37. The van der Waals surface area contributed by atoms with Crippen LogP contribution in [-0.4, -0.2) is 41.7 Å². The van der Waals surface area contributed by atoms with Gasteiger partial charge in [0.2, 0.25) is 0 Å². The van der Waals surface area contributed by atoms with E-state index in [2.05, 4.69) is 59.2 Å². The van der Waals surface area contributed by atoms with E-state index in [1.165, 1.54) is 56.8 Å². The van der Waals surface area contributed by atoms with E-state index in [0.717, 1.165) is 5.92 Å². The zero-order chi connectivity index (χ0) is 13.8. The van der Waals surface area contributed by atoms with Gasteiger partial charge in [-0.15, -0.1) is 11.8 Å². The average molecular weight is 290 g/mol. The van der Waals surface area contributed by atoms with Gasteiger partial charge in [-0.2, -0.15) is 0 Å². The molecular weight excluding hydrogens is 264 g/mol. The van der Waals surface area contributed by atoms with Gasteiger partial charge in [0.05, 0.1) is 4.87 Å². The smallest absolute Gasteiger partial charge is 0.0669 e. The summed E-state index contributed by atoms with van der Waals surface area (Å²) in [7, 11) is 0. The first-order valence-corrected chi connectivity index (χ1v) is 8.90. The zero-order valence-corrected chi connectivity index (χ0v) is 13.3. The van der Waals surface area contributed by atoms with Crippen LogP contribution < -0.4 is 5.32 Å². The Morgan fingerprint density at radius 3 is 2.65 bits per heavy atom. The van der Waals surface area contributed by atoms with Crippen LogP contribution in [0.4, 0.5) is 0 Å². The molecule has 0 amide bonds. The lowest BCUT2D eigenvalue weighted by Gasteiger charge is -2.45. The summed E-state index contributed by atoms with van der Waals surface area (Å²) in [6.45, 7) is 7.27. The number of rotatable bonds is 3. The normalized spacial score (nSPS) is 26.8. The Bertz CT molecular complexity index is 402. The first kappa shape index (κ1) is 14.4. The van der Waals surface area contributed by atoms with Gasteiger partial charge in [0.1, 0.15) is 0 Å². The van der Waals surface area contributed by atoms with E-state index in [-0.39, 0.29) is 0 Å². The van der Waals surface area contributed by atoms with E-state index >= 15 is 0 Å². The summed E-state index contributed by atoms with van der Waals surface area (Å²) < 4.78 is 0. The van der Waals surface area contributed by atoms with Crippen LogP contribution in [0.1, 0.15) is 25.3 Å². The second-order valence-corrected chi connectivity index (χ2v) is 7.77. The Labute approximate surface area is 127 Å². The minimum Gasteiger partial charge on any atom is -0.303 e. The Hall–Kier alpha value is -0.510. The molecule has 1 aromatic carbocycles. The molecule has 1 N–H and O–H groups in total. The van der Waals surface area contributed by atoms with Crippen LogP contribution in [0, 0.1) is 5.92 Å². The van der Waals surface area contributed by atoms with Gasteiger partial charge in [0, 0.05) is 19.6 Å². The van der Waals surface area contributed by atoms with Gasteiger partial charge in [-0.25, -0.2) is 0 Å². The molecule has 110 valence electrons. The fourth-order valence-corrected chi connectivity index (χ4v) is 4.54. The molecule has 20 heavy (non-hydrogen) atoms. The van der Waals surface area contributed by atoms with Gasteiger partial charge < -0.3 is 10.2 Å². The number of piperidine rings is 1. The number of benzene rings is 1. The van der Waals surface area contributed by atoms with Crippen molar-refractivity contribution in [3.8, 4) is 0 Å². The molecule has 0 radical (unpaired) electrons. The van der Waals surface area contributed by atoms with Crippen molar-refractivity contribution in [2.75, 3.05) is 31.9 Å². The van der Waals surface area contributed by atoms with Crippen LogP contribution in [0.2, 0.25) is 0 Å². The summed E-state index contributed by atoms with van der Waals surface area (Å²) in [6.07, 6.45) is 3.80. The van der Waals surface area contributed by atoms with Crippen molar-refractivity contribution in [2.24, 2.45) is 5.92 Å². The molecule has 0 aromatic heterocycles. The van der Waals surface area contributed by atoms with Crippen molar-refractivity contribution in [3.05, 3.63) is 35.9 Å². The van der Waals surface area contributed by atoms with E-state index in [1.54, 1.807) is 0 Å². The summed E-state index contributed by atoms with van der Waals surface area (Å²) in [5.41, 5.74) is 1.46. The summed E-state index contributed by atoms with van der Waals surface area (Å²) in [4.78, 5) is 3.04. The molecule has 1 atom stereocenters. The Kier molecular flexibility index (Phi) is 4.69. The lowest BCUT2D eigenvalue weighted by atomic mass is 10.0. The largest absolute Gasteiger partial charge is 0.303 e. The average Bonchev–Trinajstić information content (AvgIpc) is 2.51. The van der Waals surface area contributed by atoms with Crippen LogP contribution in [0.3, 0.4) is 0 Å². The third-order valence-corrected chi connectivity index (χ3v) is 6.48. The van der Waals surface area contributed by atoms with Crippen LogP contribution in [-0.2, 0) is 6.42 Å². The fraction of sp³-hybridized carbons (Fsp3) is 0.647. The van der Waals surface area contributed by atoms with Gasteiger partial charge in [0.15, 0.2) is 0 Å². The van der Waals surface area contributed by atoms with Crippen LogP contribution >= 0.6 is 11.8 Å². The second kappa shape index (κ2) is 6.50. The first-order valence-electron chi connectivity index (χ1n) is 7.91. The van der Waals surface area contributed by atoms with Crippen molar-refractivity contribution in [1.29, 1.82) is 0 Å². The van der Waals surface area contributed by atoms with Crippen LogP contribution in [0.25, 0.3) is 0 Å². The molecule has 1 spiro atoms. The molecule has 2 fully saturated rings. The molecule has 2 aliphatic heterocycles. The summed E-state index contributed by atoms with van der Waals surface area (Å²) in [5, 5.41) is 3.81. The number of hydrogen-bond acceptors (Lipinski definition) is 3. The second-order valence-electron chi connectivity index (χ2n) is 6.37. The van der Waals surface area contributed by atoms with Gasteiger partial charge >= 0.3 is 0 Å². The van der Waals surface area contributed by atoms with Crippen molar-refractivity contribution in [3.63, 3.8) is 0 Å². The third-order valence-electron chi connectivity index (χ3n) is 4.64. The van der Waals surface area contributed by atoms with Gasteiger partial charge in [-0.1, -0.05) is 37.3 Å². The molecule has 2 heterocycles. The van der Waals surface area contributed by atoms with Crippen LogP contribution in [0.15, 0.2) is 30.3 Å². The lowest BCUT2D eigenvalue weighted by Crippen LogP contribution is -2.55. The molecule has 2 saturated heterocycles. The molecule has 1 unspecified atom stereocenters. The number of nitrogens with one attached hydrogen (secondary N) is 1. The Morgan fingerprint density at radius 2 is 2.00 bits per heavy atom. The van der Waals surface area contributed by atoms with Crippen molar-refractivity contribution >= 4 is 11.8 Å². The van der Waals surface area contributed by atoms with E-state index in [1.807, 2.05) is 0 Å². The van der Waals surface area contributed by atoms with Crippen molar-refractivity contribution < 1.29 is 0 Å². The molecule has 2 aliphatic rings. The quantitative estimate of drug-likeness (QED) is 0.921. The lowest BCUT2D eigenvalue weighted by molar-refractivity contribution is 0.180. The van der Waals surface area contributed by atoms with Gasteiger partial charge in [0.25, 0.3) is 0 Å². The maximum Gasteiger partial charge on any atom is 0.0669 e. The predicted molar refractivity (Wildman–Crippen MR) is 88.2 cm³/mol. The molecular formula is C17H26N2S. The summed E-state index contributed by atoms with van der Waals surface area (Å²) in [6, 6.07) is 10.9. The van der Waals surface area contributed by atoms with E-state index in [0.29, 0.717) is 4.87 Å². The Morgan fingerprint density at radius 1 is 1.25 bits per heavy atom. The van der Waals surface area contributed by atoms with E-state index in [9.17, 15) is 0 Å². The SMILES string of the molecule is CC1CNC2(CCN(CCc3ccccc3)CC2)SC1. The van der Waals surface area contributed by atoms with Crippen LogP contribution in [0.5, 0.6) is 0 Å². The molecule has 0 aliphatic carbocycles. The standard InChI is InChI=1S/C17H26N2S/c1-15-13-18-17(20-14-15)8-11-19(12-9-17)10-7-16-5-3-2-4-6-16/h2-6,15,18H,7-14H2,1H3. The van der Waals surface area contributed by atoms with Gasteiger partial charge in [-0.3, -0.25) is 0 Å². The Balaban J connectivity index is 1.44. The molecule has 0 bridgehead atoms. The highest BCUT2D eigenvalue weighted by Crippen LogP contribution is 2.37. The number of hydrogen-bond donors (Lipinski definition) is 1. The highest BCUT2D eigenvalue weighted by molar-refractivity contribution is 8.00. The minimum atomic E-state index is 0.399. The summed E-state index contributed by atoms with van der Waals surface area (Å²) >= 11 is 2.17. The predicted octanol–water partition coefficient (Wildman–Crippen LogP) is 2.99. The molecule has 3 heteroatoms. The minimum absolute atomic E-state index is 0.399. The molecule has 0 saturated carbocycles. The molecule has 2 nitrogen and oxygen atoms in total. The number of thioether (sulfide) groups is 1. The van der Waals surface area contributed by atoms with Gasteiger partial charge in [-0.05, 0) is 43.0 Å². The van der Waals surface area contributed by atoms with E-state index < -0.39 is 0 Å².